The summed E-state index contributed by atoms with van der Waals surface area (Å²) in [6.45, 7) is 0. The average Bonchev–Trinajstić information content (AvgIpc) is 2.51. The maximum Gasteiger partial charge on any atom is 0.271 e. The molecule has 26 heavy (non-hydrogen) atoms. The Morgan fingerprint density at radius 1 is 1.12 bits per heavy atom. The third-order valence-electron chi connectivity index (χ3n) is 6.21. The molecule has 0 heterocycles. The lowest BCUT2D eigenvalue weighted by Gasteiger charge is -2.56. The molecule has 7 nitrogen and oxygen atoms in total. The molecule has 0 spiro atoms. The number of amides is 1. The van der Waals surface area contributed by atoms with Crippen molar-refractivity contribution in [3.8, 4) is 0 Å². The summed E-state index contributed by atoms with van der Waals surface area (Å²) in [5, 5.41) is 14.3. The lowest BCUT2D eigenvalue weighted by molar-refractivity contribution is -0.385. The first-order chi connectivity index (χ1) is 12.1. The summed E-state index contributed by atoms with van der Waals surface area (Å²) < 4.78 is 23.7. The van der Waals surface area contributed by atoms with Gasteiger partial charge < -0.3 is 5.32 Å². The highest BCUT2D eigenvalue weighted by Gasteiger charge is 2.51. The Hall–Kier alpha value is -1.96. The predicted octanol–water partition coefficient (Wildman–Crippen LogP) is 2.70. The molecule has 5 rings (SSSR count). The number of hydrogen-bond donors (Lipinski definition) is 1. The molecular formula is C18H22N2O5S. The van der Waals surface area contributed by atoms with Gasteiger partial charge in [-0.15, -0.1) is 0 Å². The van der Waals surface area contributed by atoms with E-state index in [1.165, 1.54) is 25.3 Å². The van der Waals surface area contributed by atoms with Crippen LogP contribution in [-0.4, -0.2) is 31.0 Å². The van der Waals surface area contributed by atoms with Crippen molar-refractivity contribution in [3.63, 3.8) is 0 Å². The van der Waals surface area contributed by atoms with Crippen LogP contribution in [0.1, 0.15) is 48.9 Å². The van der Waals surface area contributed by atoms with Crippen molar-refractivity contribution in [1.82, 2.24) is 5.32 Å². The number of non-ortho nitro benzene ring substituents is 1. The SMILES string of the molecule is CS(=O)(=O)c1cc(C(=O)NC23CC4CC(CC(C4)C2)C3)cc([N+](=O)[O-])c1. The van der Waals surface area contributed by atoms with Crippen molar-refractivity contribution in [2.24, 2.45) is 17.8 Å². The van der Waals surface area contributed by atoms with Crippen LogP contribution in [0.4, 0.5) is 5.69 Å². The zero-order valence-electron chi connectivity index (χ0n) is 14.6. The Morgan fingerprint density at radius 3 is 2.12 bits per heavy atom. The number of nitrogens with one attached hydrogen (secondary N) is 1. The standard InChI is InChI=1S/C18H22N2O5S/c1-26(24,25)16-6-14(5-15(7-16)20(22)23)17(21)19-18-8-11-2-12(9-18)4-13(3-11)10-18/h5-7,11-13H,2-4,8-10H2,1H3,(H,19,21). The van der Waals surface area contributed by atoms with Gasteiger partial charge in [0.15, 0.2) is 9.84 Å². The summed E-state index contributed by atoms with van der Waals surface area (Å²) in [6.07, 6.45) is 7.57. The first-order valence-electron chi connectivity index (χ1n) is 8.96. The molecule has 1 aromatic carbocycles. The third kappa shape index (κ3) is 3.11. The van der Waals surface area contributed by atoms with E-state index >= 15 is 0 Å². The molecule has 0 unspecified atom stereocenters. The van der Waals surface area contributed by atoms with Crippen molar-refractivity contribution >= 4 is 21.4 Å². The lowest BCUT2D eigenvalue weighted by Crippen LogP contribution is -2.59. The van der Waals surface area contributed by atoms with Crippen LogP contribution in [0.5, 0.6) is 0 Å². The zero-order valence-corrected chi connectivity index (χ0v) is 15.4. The molecular weight excluding hydrogens is 356 g/mol. The summed E-state index contributed by atoms with van der Waals surface area (Å²) >= 11 is 0. The molecule has 0 saturated heterocycles. The Bertz CT molecular complexity index is 858. The van der Waals surface area contributed by atoms with E-state index < -0.39 is 20.7 Å². The van der Waals surface area contributed by atoms with Crippen molar-refractivity contribution in [3.05, 3.63) is 33.9 Å². The molecule has 4 bridgehead atoms. The van der Waals surface area contributed by atoms with Crippen LogP contribution in [0.15, 0.2) is 23.1 Å². The van der Waals surface area contributed by atoms with Gasteiger partial charge in [-0.1, -0.05) is 0 Å². The van der Waals surface area contributed by atoms with Crippen LogP contribution in [0, 0.1) is 27.9 Å². The Kier molecular flexibility index (Phi) is 3.87. The van der Waals surface area contributed by atoms with Crippen LogP contribution in [-0.2, 0) is 9.84 Å². The van der Waals surface area contributed by atoms with Crippen molar-refractivity contribution in [2.45, 2.75) is 49.0 Å². The van der Waals surface area contributed by atoms with Crippen molar-refractivity contribution in [2.75, 3.05) is 6.26 Å². The van der Waals surface area contributed by atoms with E-state index in [1.807, 2.05) is 0 Å². The summed E-state index contributed by atoms with van der Waals surface area (Å²) in [5.74, 6) is 1.54. The number of carbonyl (C=O) groups is 1. The molecule has 8 heteroatoms. The second-order valence-corrected chi connectivity index (χ2v) is 10.4. The van der Waals surface area contributed by atoms with Crippen molar-refractivity contribution < 1.29 is 18.1 Å². The van der Waals surface area contributed by atoms with Gasteiger partial charge in [0.05, 0.1) is 9.82 Å². The van der Waals surface area contributed by atoms with Gasteiger partial charge in [-0.2, -0.15) is 0 Å². The minimum atomic E-state index is -3.65. The number of carbonyl (C=O) groups excluding carboxylic acids is 1. The normalized spacial score (nSPS) is 32.4. The molecule has 0 radical (unpaired) electrons. The van der Waals surface area contributed by atoms with Gasteiger partial charge in [-0.05, 0) is 62.3 Å². The molecule has 1 N–H and O–H groups in total. The summed E-state index contributed by atoms with van der Waals surface area (Å²) in [4.78, 5) is 23.1. The molecule has 0 atom stereocenters. The van der Waals surface area contributed by atoms with Crippen LogP contribution >= 0.6 is 0 Å². The fourth-order valence-corrected chi connectivity index (χ4v) is 6.29. The van der Waals surface area contributed by atoms with Gasteiger partial charge in [-0.3, -0.25) is 14.9 Å². The van der Waals surface area contributed by atoms with Crippen LogP contribution in [0.2, 0.25) is 0 Å². The molecule has 4 fully saturated rings. The first-order valence-corrected chi connectivity index (χ1v) is 10.8. The van der Waals surface area contributed by atoms with Gasteiger partial charge in [-0.25, -0.2) is 8.42 Å². The van der Waals surface area contributed by atoms with E-state index in [4.69, 9.17) is 0 Å². The smallest absolute Gasteiger partial charge is 0.271 e. The maximum atomic E-state index is 12.9. The average molecular weight is 378 g/mol. The van der Waals surface area contributed by atoms with Crippen LogP contribution < -0.4 is 5.32 Å². The van der Waals surface area contributed by atoms with E-state index in [2.05, 4.69) is 5.32 Å². The van der Waals surface area contributed by atoms with E-state index in [9.17, 15) is 23.3 Å². The van der Waals surface area contributed by atoms with Gasteiger partial charge >= 0.3 is 0 Å². The van der Waals surface area contributed by atoms with Crippen LogP contribution in [0.3, 0.4) is 0 Å². The number of rotatable bonds is 4. The molecule has 1 aromatic rings. The highest BCUT2D eigenvalue weighted by Crippen LogP contribution is 2.55. The third-order valence-corrected chi connectivity index (χ3v) is 7.30. The Labute approximate surface area is 152 Å². The first kappa shape index (κ1) is 17.5. The van der Waals surface area contributed by atoms with Crippen LogP contribution in [0.25, 0.3) is 0 Å². The molecule has 4 aliphatic carbocycles. The van der Waals surface area contributed by atoms with E-state index in [-0.39, 0.29) is 21.7 Å². The van der Waals surface area contributed by atoms with Gasteiger partial charge in [0.2, 0.25) is 0 Å². The molecule has 4 saturated carbocycles. The minimum Gasteiger partial charge on any atom is -0.347 e. The monoisotopic (exact) mass is 378 g/mol. The zero-order chi connectivity index (χ0) is 18.7. The number of nitrogens with zero attached hydrogens (tertiary/aromatic N) is 1. The highest BCUT2D eigenvalue weighted by molar-refractivity contribution is 7.90. The van der Waals surface area contributed by atoms with E-state index in [1.54, 1.807) is 0 Å². The van der Waals surface area contributed by atoms with E-state index in [0.29, 0.717) is 17.8 Å². The van der Waals surface area contributed by atoms with E-state index in [0.717, 1.165) is 37.7 Å². The van der Waals surface area contributed by atoms with Crippen molar-refractivity contribution in [1.29, 1.82) is 0 Å². The molecule has 140 valence electrons. The molecule has 4 aliphatic rings. The minimum absolute atomic E-state index is 0.0374. The molecule has 1 amide bonds. The number of nitro groups is 1. The number of hydrogen-bond acceptors (Lipinski definition) is 5. The Balaban J connectivity index is 1.64. The summed E-state index contributed by atoms with van der Waals surface area (Å²) in [5.41, 5.74) is -0.583. The predicted molar refractivity (Wildman–Crippen MR) is 94.6 cm³/mol. The quantitative estimate of drug-likeness (QED) is 0.640. The second-order valence-electron chi connectivity index (χ2n) is 8.40. The number of sulfone groups is 1. The largest absolute Gasteiger partial charge is 0.347 e. The Morgan fingerprint density at radius 2 is 1.65 bits per heavy atom. The highest BCUT2D eigenvalue weighted by atomic mass is 32.2. The molecule has 0 aromatic heterocycles. The molecule has 0 aliphatic heterocycles. The number of nitro benzene ring substituents is 1. The topological polar surface area (TPSA) is 106 Å². The summed E-state index contributed by atoms with van der Waals surface area (Å²) in [7, 11) is -3.65. The van der Waals surface area contributed by atoms with Gasteiger partial charge in [0.1, 0.15) is 0 Å². The fourth-order valence-electron chi connectivity index (χ4n) is 5.61. The second kappa shape index (κ2) is 5.77. The van der Waals surface area contributed by atoms with Gasteiger partial charge in [0.25, 0.3) is 11.6 Å². The number of benzene rings is 1. The summed E-state index contributed by atoms with van der Waals surface area (Å²) in [6, 6.07) is 3.39. The fraction of sp³-hybridized carbons (Fsp3) is 0.611. The lowest BCUT2D eigenvalue weighted by atomic mass is 9.53. The van der Waals surface area contributed by atoms with Gasteiger partial charge in [0, 0.05) is 29.5 Å². The maximum absolute atomic E-state index is 12.9.